The van der Waals surface area contributed by atoms with Gasteiger partial charge in [0.1, 0.15) is 0 Å². The van der Waals surface area contributed by atoms with Crippen molar-refractivity contribution >= 4 is 30.6 Å². The lowest BCUT2D eigenvalue weighted by Gasteiger charge is -2.45. The molecule has 6 nitrogen and oxygen atoms in total. The summed E-state index contributed by atoms with van der Waals surface area (Å²) in [7, 11) is -2.94. The Morgan fingerprint density at radius 1 is 1.03 bits per heavy atom. The van der Waals surface area contributed by atoms with Gasteiger partial charge in [-0.3, -0.25) is 9.59 Å². The van der Waals surface area contributed by atoms with Crippen LogP contribution in [-0.2, 0) is 18.8 Å². The molecule has 0 spiro atoms. The number of ether oxygens (including phenoxy) is 1. The molecule has 0 saturated carbocycles. The second-order valence-electron chi connectivity index (χ2n) is 9.85. The summed E-state index contributed by atoms with van der Waals surface area (Å²) in [6, 6.07) is 20.1. The molecule has 0 bridgehead atoms. The van der Waals surface area contributed by atoms with Crippen LogP contribution in [0.4, 0.5) is 0 Å². The molecule has 2 N–H and O–H groups in total. The standard InChI is InChI=1S/C27H32O6Si/c1-5-27(20(17-24(28)29)16-21(33-27)18-25(30)31)19-32-34(26(2,3)4,22-12-8-6-9-13-22)23-14-10-7-11-15-23/h1,6-15,20-21H,16-19H2,2-4H3,(H,28,29)(H,30,31)/t20-,21?,27+/m0/s1. The van der Waals surface area contributed by atoms with Gasteiger partial charge in [0.05, 0.1) is 25.6 Å². The smallest absolute Gasteiger partial charge is 0.305 e. The van der Waals surface area contributed by atoms with E-state index in [1.165, 1.54) is 0 Å². The van der Waals surface area contributed by atoms with Gasteiger partial charge in [-0.1, -0.05) is 87.4 Å². The number of carbonyl (C=O) groups is 2. The van der Waals surface area contributed by atoms with E-state index in [0.29, 0.717) is 0 Å². The van der Waals surface area contributed by atoms with Gasteiger partial charge in [0.15, 0.2) is 5.60 Å². The first-order valence-corrected chi connectivity index (χ1v) is 13.3. The summed E-state index contributed by atoms with van der Waals surface area (Å²) in [4.78, 5) is 22.9. The molecule has 1 aliphatic rings. The summed E-state index contributed by atoms with van der Waals surface area (Å²) in [5, 5.41) is 20.6. The van der Waals surface area contributed by atoms with E-state index in [1.807, 2.05) is 36.4 Å². The van der Waals surface area contributed by atoms with E-state index in [2.05, 4.69) is 51.0 Å². The Morgan fingerprint density at radius 3 is 1.94 bits per heavy atom. The summed E-state index contributed by atoms with van der Waals surface area (Å²) >= 11 is 0. The van der Waals surface area contributed by atoms with Crippen LogP contribution in [0, 0.1) is 18.3 Å². The third-order valence-electron chi connectivity index (χ3n) is 6.57. The molecular weight excluding hydrogens is 448 g/mol. The Kier molecular flexibility index (Phi) is 7.66. The Labute approximate surface area is 202 Å². The zero-order chi connectivity index (χ0) is 25.0. The highest BCUT2D eigenvalue weighted by Gasteiger charge is 2.55. The van der Waals surface area contributed by atoms with Crippen molar-refractivity contribution in [2.75, 3.05) is 6.61 Å². The predicted molar refractivity (Wildman–Crippen MR) is 133 cm³/mol. The Morgan fingerprint density at radius 2 is 1.53 bits per heavy atom. The van der Waals surface area contributed by atoms with Crippen molar-refractivity contribution in [3.63, 3.8) is 0 Å². The lowest BCUT2D eigenvalue weighted by atomic mass is 9.85. The maximum Gasteiger partial charge on any atom is 0.305 e. The van der Waals surface area contributed by atoms with Crippen molar-refractivity contribution in [3.8, 4) is 12.3 Å². The number of hydrogen-bond donors (Lipinski definition) is 2. The third kappa shape index (κ3) is 5.09. The summed E-state index contributed by atoms with van der Waals surface area (Å²) in [6.45, 7) is 6.39. The predicted octanol–water partition coefficient (Wildman–Crippen LogP) is 3.29. The summed E-state index contributed by atoms with van der Waals surface area (Å²) < 4.78 is 13.1. The molecule has 3 rings (SSSR count). The van der Waals surface area contributed by atoms with E-state index < -0.39 is 37.9 Å². The number of rotatable bonds is 9. The molecule has 1 saturated heterocycles. The van der Waals surface area contributed by atoms with Crippen LogP contribution < -0.4 is 10.4 Å². The first-order chi connectivity index (χ1) is 16.0. The highest BCUT2D eigenvalue weighted by molar-refractivity contribution is 6.99. The van der Waals surface area contributed by atoms with Gasteiger partial charge in [-0.2, -0.15) is 0 Å². The van der Waals surface area contributed by atoms with Crippen LogP contribution in [0.1, 0.15) is 40.0 Å². The average Bonchev–Trinajstić information content (AvgIpc) is 3.10. The molecule has 34 heavy (non-hydrogen) atoms. The van der Waals surface area contributed by atoms with Gasteiger partial charge in [0, 0.05) is 5.92 Å². The van der Waals surface area contributed by atoms with Gasteiger partial charge in [-0.15, -0.1) is 6.42 Å². The lowest BCUT2D eigenvalue weighted by molar-refractivity contribution is -0.143. The average molecular weight is 481 g/mol. The zero-order valence-corrected chi connectivity index (χ0v) is 20.9. The molecule has 0 radical (unpaired) electrons. The van der Waals surface area contributed by atoms with Gasteiger partial charge in [0.2, 0.25) is 0 Å². The Balaban J connectivity index is 2.08. The van der Waals surface area contributed by atoms with Crippen molar-refractivity contribution < 1.29 is 29.0 Å². The van der Waals surface area contributed by atoms with Crippen molar-refractivity contribution in [3.05, 3.63) is 60.7 Å². The fraction of sp³-hybridized carbons (Fsp3) is 0.407. The highest BCUT2D eigenvalue weighted by Crippen LogP contribution is 2.43. The maximum atomic E-state index is 11.6. The molecule has 3 atom stereocenters. The maximum absolute atomic E-state index is 11.6. The fourth-order valence-electron chi connectivity index (χ4n) is 5.05. The van der Waals surface area contributed by atoms with Crippen molar-refractivity contribution in [1.29, 1.82) is 0 Å². The number of carboxylic acids is 2. The van der Waals surface area contributed by atoms with Crippen molar-refractivity contribution in [1.82, 2.24) is 0 Å². The molecule has 0 amide bonds. The highest BCUT2D eigenvalue weighted by atomic mass is 28.4. The van der Waals surface area contributed by atoms with Crippen LogP contribution >= 0.6 is 0 Å². The second-order valence-corrected chi connectivity index (χ2v) is 14.2. The zero-order valence-electron chi connectivity index (χ0n) is 19.9. The van der Waals surface area contributed by atoms with Gasteiger partial charge in [0.25, 0.3) is 8.32 Å². The number of aliphatic carboxylic acids is 2. The van der Waals surface area contributed by atoms with Crippen LogP contribution in [0.2, 0.25) is 5.04 Å². The summed E-state index contributed by atoms with van der Waals surface area (Å²) in [5.41, 5.74) is -1.33. The number of hydrogen-bond acceptors (Lipinski definition) is 4. The van der Waals surface area contributed by atoms with E-state index in [9.17, 15) is 19.8 Å². The largest absolute Gasteiger partial charge is 0.481 e. The Bertz CT molecular complexity index is 1000. The van der Waals surface area contributed by atoms with Crippen LogP contribution in [0.15, 0.2) is 60.7 Å². The fourth-order valence-corrected chi connectivity index (χ4v) is 9.64. The number of benzene rings is 2. The van der Waals surface area contributed by atoms with Gasteiger partial charge < -0.3 is 19.4 Å². The van der Waals surface area contributed by atoms with E-state index in [4.69, 9.17) is 15.6 Å². The monoisotopic (exact) mass is 480 g/mol. The topological polar surface area (TPSA) is 93.1 Å². The quantitative estimate of drug-likeness (QED) is 0.423. The lowest BCUT2D eigenvalue weighted by Crippen LogP contribution is -2.67. The molecule has 1 fully saturated rings. The minimum Gasteiger partial charge on any atom is -0.481 e. The van der Waals surface area contributed by atoms with Crippen LogP contribution in [0.3, 0.4) is 0 Å². The van der Waals surface area contributed by atoms with Crippen LogP contribution in [-0.4, -0.2) is 48.8 Å². The number of carboxylic acid groups (broad SMARTS) is 2. The number of terminal acetylenes is 1. The first kappa shape index (κ1) is 25.7. The van der Waals surface area contributed by atoms with E-state index in [-0.39, 0.29) is 30.9 Å². The van der Waals surface area contributed by atoms with Gasteiger partial charge >= 0.3 is 11.9 Å². The molecule has 0 aliphatic carbocycles. The molecule has 1 aliphatic heterocycles. The minimum absolute atomic E-state index is 0.0230. The first-order valence-electron chi connectivity index (χ1n) is 11.4. The van der Waals surface area contributed by atoms with Crippen molar-refractivity contribution in [2.45, 2.75) is 56.8 Å². The van der Waals surface area contributed by atoms with E-state index in [0.717, 1.165) is 10.4 Å². The minimum atomic E-state index is -2.94. The molecule has 2 aromatic rings. The van der Waals surface area contributed by atoms with E-state index >= 15 is 0 Å². The molecule has 180 valence electrons. The normalized spacial score (nSPS) is 22.8. The van der Waals surface area contributed by atoms with Crippen LogP contribution in [0.25, 0.3) is 0 Å². The molecular formula is C27H32O6Si. The second kappa shape index (κ2) is 10.1. The SMILES string of the molecule is C#C[C@]1(CO[Si](c2ccccc2)(c2ccccc2)C(C)(C)C)OC(CC(=O)O)C[C@H]1CC(=O)O. The van der Waals surface area contributed by atoms with Crippen LogP contribution in [0.5, 0.6) is 0 Å². The van der Waals surface area contributed by atoms with Gasteiger partial charge in [-0.25, -0.2) is 0 Å². The summed E-state index contributed by atoms with van der Waals surface area (Å²) in [5.74, 6) is 0.105. The molecule has 7 heteroatoms. The third-order valence-corrected chi connectivity index (χ3v) is 11.6. The molecule has 1 unspecified atom stereocenters. The molecule has 0 aromatic heterocycles. The van der Waals surface area contributed by atoms with E-state index in [1.54, 1.807) is 0 Å². The van der Waals surface area contributed by atoms with Crippen molar-refractivity contribution in [2.24, 2.45) is 5.92 Å². The molecule has 2 aromatic carbocycles. The Hall–Kier alpha value is -2.92. The van der Waals surface area contributed by atoms with Gasteiger partial charge in [-0.05, 0) is 21.8 Å². The molecule has 1 heterocycles. The summed E-state index contributed by atoms with van der Waals surface area (Å²) in [6.07, 6.45) is 5.10.